The fraction of sp³-hybridized carbons (Fsp3) is 0.571. The largest absolute Gasteiger partial charge is 0.493 e. The van der Waals surface area contributed by atoms with E-state index in [0.717, 1.165) is 25.7 Å². The molecule has 0 amide bonds. The Hall–Kier alpha value is -2.09. The van der Waals surface area contributed by atoms with E-state index in [-0.39, 0.29) is 12.4 Å². The third kappa shape index (κ3) is 6.78. The van der Waals surface area contributed by atoms with E-state index in [1.807, 2.05) is 13.8 Å². The number of rotatable bonds is 8. The highest BCUT2D eigenvalue weighted by Crippen LogP contribution is 2.38. The van der Waals surface area contributed by atoms with Crippen LogP contribution >= 0.6 is 0 Å². The Morgan fingerprint density at radius 2 is 1.83 bits per heavy atom. The molecule has 4 nitrogen and oxygen atoms in total. The number of nitrogens with two attached hydrogens (primary N) is 1. The maximum Gasteiger partial charge on any atom is 0.419 e. The lowest BCUT2D eigenvalue weighted by molar-refractivity contribution is -0.267. The van der Waals surface area contributed by atoms with Gasteiger partial charge < -0.3 is 19.9 Å². The second-order valence-electron chi connectivity index (χ2n) is 10.4. The summed E-state index contributed by atoms with van der Waals surface area (Å²) in [5.74, 6) is -0.347. The van der Waals surface area contributed by atoms with E-state index < -0.39 is 23.1 Å². The number of alkyl halides is 3. The molecular weight excluding hydrogens is 455 g/mol. The molecule has 0 radical (unpaired) electrons. The minimum absolute atomic E-state index is 0.112. The van der Waals surface area contributed by atoms with Gasteiger partial charge >= 0.3 is 6.18 Å². The zero-order valence-electron chi connectivity index (χ0n) is 20.6. The number of benzene rings is 2. The smallest absolute Gasteiger partial charge is 0.419 e. The van der Waals surface area contributed by atoms with Crippen molar-refractivity contribution in [1.82, 2.24) is 0 Å². The van der Waals surface area contributed by atoms with Crippen LogP contribution in [0.25, 0.3) is 0 Å². The van der Waals surface area contributed by atoms with Crippen molar-refractivity contribution < 1.29 is 27.4 Å². The summed E-state index contributed by atoms with van der Waals surface area (Å²) in [6.07, 6.45) is 1.37. The molecule has 1 aliphatic heterocycles. The second kappa shape index (κ2) is 10.5. The maximum atomic E-state index is 13.8. The van der Waals surface area contributed by atoms with Crippen LogP contribution in [0.4, 0.5) is 13.2 Å². The van der Waals surface area contributed by atoms with E-state index in [1.54, 1.807) is 6.07 Å². The molecule has 1 aliphatic carbocycles. The van der Waals surface area contributed by atoms with Gasteiger partial charge in [0.05, 0.1) is 30.9 Å². The van der Waals surface area contributed by atoms with E-state index in [0.29, 0.717) is 44.0 Å². The third-order valence-electron chi connectivity index (χ3n) is 7.12. The Labute approximate surface area is 205 Å². The highest BCUT2D eigenvalue weighted by atomic mass is 19.4. The van der Waals surface area contributed by atoms with Crippen LogP contribution in [-0.2, 0) is 28.5 Å². The first-order chi connectivity index (χ1) is 16.5. The van der Waals surface area contributed by atoms with E-state index in [9.17, 15) is 13.2 Å². The lowest BCUT2D eigenvalue weighted by atomic mass is 9.80. The van der Waals surface area contributed by atoms with Crippen LogP contribution in [0, 0.1) is 0 Å². The quantitative estimate of drug-likeness (QED) is 0.434. The van der Waals surface area contributed by atoms with Crippen molar-refractivity contribution in [2.75, 3.05) is 19.8 Å². The Kier molecular flexibility index (Phi) is 7.79. The summed E-state index contributed by atoms with van der Waals surface area (Å²) in [4.78, 5) is 0. The molecule has 0 aromatic heterocycles. The number of hydrogen-bond acceptors (Lipinski definition) is 4. The van der Waals surface area contributed by atoms with Crippen molar-refractivity contribution in [3.63, 3.8) is 0 Å². The molecule has 1 unspecified atom stereocenters. The standard InChI is InChI=1S/C28H36F3NO3/c1-26(2)34-18-27(32,19-35-26)15-14-20-12-13-25(24(17-20)28(29,30)31)33-16-6-10-22-9-5-8-21-7-3-4-11-23(21)22/h3-4,7,11-13,17,22H,5-6,8-10,14-16,18-19,32H2,1-2H3. The highest BCUT2D eigenvalue weighted by Gasteiger charge is 2.38. The third-order valence-corrected chi connectivity index (χ3v) is 7.12. The molecule has 0 saturated carbocycles. The van der Waals surface area contributed by atoms with Crippen molar-refractivity contribution in [2.45, 2.75) is 82.2 Å². The molecule has 7 heteroatoms. The van der Waals surface area contributed by atoms with Gasteiger partial charge in [0.15, 0.2) is 5.79 Å². The van der Waals surface area contributed by atoms with Gasteiger partial charge in [0.2, 0.25) is 0 Å². The van der Waals surface area contributed by atoms with Crippen LogP contribution in [0.15, 0.2) is 42.5 Å². The van der Waals surface area contributed by atoms with Crippen molar-refractivity contribution in [2.24, 2.45) is 5.73 Å². The van der Waals surface area contributed by atoms with Gasteiger partial charge in [-0.05, 0) is 93.5 Å². The summed E-state index contributed by atoms with van der Waals surface area (Å²) in [6.45, 7) is 4.50. The zero-order chi connectivity index (χ0) is 25.1. The van der Waals surface area contributed by atoms with E-state index in [4.69, 9.17) is 19.9 Å². The number of aryl methyl sites for hydroxylation is 2. The predicted octanol–water partition coefficient (Wildman–Crippen LogP) is 6.40. The molecule has 2 aromatic rings. The molecule has 35 heavy (non-hydrogen) atoms. The summed E-state index contributed by atoms with van der Waals surface area (Å²) in [7, 11) is 0. The summed E-state index contributed by atoms with van der Waals surface area (Å²) < 4.78 is 58.3. The number of fused-ring (bicyclic) bond motifs is 1. The van der Waals surface area contributed by atoms with Crippen molar-refractivity contribution >= 4 is 0 Å². The minimum Gasteiger partial charge on any atom is -0.493 e. The van der Waals surface area contributed by atoms with Gasteiger partial charge in [-0.15, -0.1) is 0 Å². The Morgan fingerprint density at radius 1 is 1.09 bits per heavy atom. The second-order valence-corrected chi connectivity index (χ2v) is 10.4. The lowest BCUT2D eigenvalue weighted by Gasteiger charge is -2.41. The fourth-order valence-electron chi connectivity index (χ4n) is 5.00. The van der Waals surface area contributed by atoms with Crippen LogP contribution in [0.2, 0.25) is 0 Å². The SMILES string of the molecule is CC1(C)OCC(N)(CCc2ccc(OCCCC3CCCc4ccccc43)c(C(F)(F)F)c2)CO1. The number of halogens is 3. The summed E-state index contributed by atoms with van der Waals surface area (Å²) in [5, 5.41) is 0. The van der Waals surface area contributed by atoms with Crippen LogP contribution in [0.3, 0.4) is 0 Å². The van der Waals surface area contributed by atoms with E-state index >= 15 is 0 Å². The van der Waals surface area contributed by atoms with Gasteiger partial charge in [0.25, 0.3) is 0 Å². The van der Waals surface area contributed by atoms with Crippen molar-refractivity contribution in [3.05, 3.63) is 64.7 Å². The maximum absolute atomic E-state index is 13.8. The topological polar surface area (TPSA) is 53.7 Å². The molecule has 1 saturated heterocycles. The molecule has 1 heterocycles. The summed E-state index contributed by atoms with van der Waals surface area (Å²) in [5.41, 5.74) is 8.25. The fourth-order valence-corrected chi connectivity index (χ4v) is 5.00. The molecule has 1 fully saturated rings. The monoisotopic (exact) mass is 491 g/mol. The average molecular weight is 492 g/mol. The molecule has 2 aliphatic rings. The Balaban J connectivity index is 1.33. The van der Waals surface area contributed by atoms with E-state index in [2.05, 4.69) is 24.3 Å². The van der Waals surface area contributed by atoms with Crippen LogP contribution in [0.1, 0.15) is 74.1 Å². The first kappa shape index (κ1) is 26.0. The van der Waals surface area contributed by atoms with Gasteiger partial charge in [-0.3, -0.25) is 0 Å². The van der Waals surface area contributed by atoms with Gasteiger partial charge in [0, 0.05) is 0 Å². The minimum atomic E-state index is -4.49. The molecular formula is C28H36F3NO3. The van der Waals surface area contributed by atoms with Gasteiger partial charge in [-0.25, -0.2) is 0 Å². The molecule has 2 N–H and O–H groups in total. The number of hydrogen-bond donors (Lipinski definition) is 1. The average Bonchev–Trinajstić information content (AvgIpc) is 2.83. The van der Waals surface area contributed by atoms with Crippen LogP contribution in [0.5, 0.6) is 5.75 Å². The number of ether oxygens (including phenoxy) is 3. The predicted molar refractivity (Wildman–Crippen MR) is 130 cm³/mol. The first-order valence-corrected chi connectivity index (χ1v) is 12.5. The molecule has 4 rings (SSSR count). The molecule has 192 valence electrons. The molecule has 2 aromatic carbocycles. The molecule has 1 atom stereocenters. The molecule has 0 spiro atoms. The highest BCUT2D eigenvalue weighted by molar-refractivity contribution is 5.39. The van der Waals surface area contributed by atoms with E-state index in [1.165, 1.54) is 23.3 Å². The van der Waals surface area contributed by atoms with Gasteiger partial charge in [-0.2, -0.15) is 13.2 Å². The van der Waals surface area contributed by atoms with Gasteiger partial charge in [0.1, 0.15) is 5.75 Å². The Bertz CT molecular complexity index is 995. The summed E-state index contributed by atoms with van der Waals surface area (Å²) >= 11 is 0. The van der Waals surface area contributed by atoms with Crippen LogP contribution < -0.4 is 10.5 Å². The first-order valence-electron chi connectivity index (χ1n) is 12.5. The van der Waals surface area contributed by atoms with Crippen molar-refractivity contribution in [3.8, 4) is 5.75 Å². The normalized spacial score (nSPS) is 21.4. The zero-order valence-corrected chi connectivity index (χ0v) is 20.6. The summed E-state index contributed by atoms with van der Waals surface area (Å²) in [6, 6.07) is 12.8. The molecule has 0 bridgehead atoms. The lowest BCUT2D eigenvalue weighted by Crippen LogP contribution is -2.57. The van der Waals surface area contributed by atoms with Crippen molar-refractivity contribution in [1.29, 1.82) is 0 Å². The Morgan fingerprint density at radius 3 is 2.57 bits per heavy atom. The van der Waals surface area contributed by atoms with Crippen LogP contribution in [-0.4, -0.2) is 31.1 Å². The van der Waals surface area contributed by atoms with Gasteiger partial charge in [-0.1, -0.05) is 30.3 Å².